The zero-order valence-electron chi connectivity index (χ0n) is 21.4. The molecule has 5 rings (SSSR count). The van der Waals surface area contributed by atoms with E-state index >= 15 is 0 Å². The van der Waals surface area contributed by atoms with Gasteiger partial charge in [-0.3, -0.25) is 19.8 Å². The van der Waals surface area contributed by atoms with Crippen molar-refractivity contribution in [1.82, 2.24) is 19.4 Å². The predicted molar refractivity (Wildman–Crippen MR) is 148 cm³/mol. The molecule has 0 saturated carbocycles. The number of amides is 2. The lowest BCUT2D eigenvalue weighted by Gasteiger charge is -2.28. The van der Waals surface area contributed by atoms with Gasteiger partial charge in [0.15, 0.2) is 9.84 Å². The first-order valence-electron chi connectivity index (χ1n) is 13.0. The number of likely N-dealkylation sites (tertiary alicyclic amines) is 1. The molecule has 2 aromatic carbocycles. The van der Waals surface area contributed by atoms with Gasteiger partial charge in [0, 0.05) is 38.3 Å². The van der Waals surface area contributed by atoms with Gasteiger partial charge in [0.25, 0.3) is 5.91 Å². The largest absolute Gasteiger partial charge is 0.337 e. The van der Waals surface area contributed by atoms with E-state index < -0.39 is 9.84 Å². The van der Waals surface area contributed by atoms with E-state index in [0.717, 1.165) is 35.9 Å². The van der Waals surface area contributed by atoms with Crippen LogP contribution in [0.1, 0.15) is 41.2 Å². The number of para-hydroxylation sites is 1. The fourth-order valence-corrected chi connectivity index (χ4v) is 6.64. The first-order chi connectivity index (χ1) is 18.3. The smallest absolute Gasteiger partial charge is 0.257 e. The summed E-state index contributed by atoms with van der Waals surface area (Å²) in [6, 6.07) is 14.8. The molecule has 0 unspecified atom stereocenters. The van der Waals surface area contributed by atoms with Crippen LogP contribution in [0.2, 0.25) is 0 Å². The van der Waals surface area contributed by atoms with Gasteiger partial charge in [0.05, 0.1) is 28.6 Å². The molecule has 2 amide bonds. The van der Waals surface area contributed by atoms with E-state index in [1.165, 1.54) is 6.08 Å². The molecule has 2 aliphatic rings. The van der Waals surface area contributed by atoms with Crippen molar-refractivity contribution in [2.45, 2.75) is 31.8 Å². The van der Waals surface area contributed by atoms with Gasteiger partial charge >= 0.3 is 0 Å². The second-order valence-corrected chi connectivity index (χ2v) is 12.3. The molecule has 1 aromatic heterocycles. The minimum absolute atomic E-state index is 0.0969. The minimum Gasteiger partial charge on any atom is -0.337 e. The molecule has 200 valence electrons. The van der Waals surface area contributed by atoms with E-state index in [4.69, 9.17) is 4.98 Å². The number of nitrogens with zero attached hydrogens (tertiary/aromatic N) is 4. The lowest BCUT2D eigenvalue weighted by atomic mass is 10.1. The number of benzene rings is 2. The van der Waals surface area contributed by atoms with Crippen LogP contribution in [-0.4, -0.2) is 77.3 Å². The number of hydrogen-bond donors (Lipinski definition) is 1. The highest BCUT2D eigenvalue weighted by atomic mass is 32.2. The Bertz CT molecular complexity index is 1440. The lowest BCUT2D eigenvalue weighted by molar-refractivity contribution is -0.126. The van der Waals surface area contributed by atoms with Crippen molar-refractivity contribution in [3.63, 3.8) is 0 Å². The number of nitrogens with one attached hydrogen (secondary N) is 1. The number of carbonyl (C=O) groups excluding carboxylic acids is 2. The number of aromatic nitrogens is 2. The lowest BCUT2D eigenvalue weighted by Crippen LogP contribution is -2.39. The van der Waals surface area contributed by atoms with Crippen LogP contribution in [0.4, 0.5) is 5.95 Å². The predicted octanol–water partition coefficient (Wildman–Crippen LogP) is 3.26. The van der Waals surface area contributed by atoms with E-state index in [2.05, 4.69) is 21.4 Å². The zero-order valence-corrected chi connectivity index (χ0v) is 22.2. The molecule has 0 radical (unpaired) electrons. The highest BCUT2D eigenvalue weighted by Crippen LogP contribution is 2.33. The van der Waals surface area contributed by atoms with Gasteiger partial charge in [0.1, 0.15) is 0 Å². The Labute approximate surface area is 223 Å². The number of hydrogen-bond acceptors (Lipinski definition) is 6. The van der Waals surface area contributed by atoms with Crippen molar-refractivity contribution >= 4 is 38.6 Å². The molecule has 3 heterocycles. The maximum absolute atomic E-state index is 13.2. The Kier molecular flexibility index (Phi) is 7.62. The first-order valence-corrected chi connectivity index (χ1v) is 14.9. The second-order valence-electron chi connectivity index (χ2n) is 9.98. The standard InChI is InChI=1S/C28H33N5O4S/c1-2-25(34)32-14-7-6-12-23(20-32)33-26-22(19-31-15-17-38(36,37)18-16-31)11-8-13-24(26)29-28(33)30-27(35)21-9-4-3-5-10-21/h2-5,8-11,13,23H,1,6-7,12,14-20H2,(H,29,30,35)/t23-/m1/s1. The summed E-state index contributed by atoms with van der Waals surface area (Å²) >= 11 is 0. The van der Waals surface area contributed by atoms with Gasteiger partial charge in [-0.1, -0.05) is 36.9 Å². The van der Waals surface area contributed by atoms with E-state index in [1.54, 1.807) is 12.1 Å². The van der Waals surface area contributed by atoms with E-state index in [1.807, 2.05) is 41.3 Å². The highest BCUT2D eigenvalue weighted by Gasteiger charge is 2.28. The van der Waals surface area contributed by atoms with Crippen molar-refractivity contribution in [2.24, 2.45) is 0 Å². The second kappa shape index (κ2) is 11.1. The first kappa shape index (κ1) is 26.1. The Morgan fingerprint density at radius 1 is 1.03 bits per heavy atom. The summed E-state index contributed by atoms with van der Waals surface area (Å²) in [5.41, 5.74) is 3.20. The Balaban J connectivity index is 1.56. The van der Waals surface area contributed by atoms with Gasteiger partial charge in [-0.05, 0) is 49.1 Å². The van der Waals surface area contributed by atoms with Crippen molar-refractivity contribution < 1.29 is 18.0 Å². The molecular weight excluding hydrogens is 502 g/mol. The van der Waals surface area contributed by atoms with Gasteiger partial charge < -0.3 is 9.47 Å². The van der Waals surface area contributed by atoms with Crippen LogP contribution in [0, 0.1) is 0 Å². The molecule has 2 fully saturated rings. The van der Waals surface area contributed by atoms with Crippen LogP contribution in [0.25, 0.3) is 11.0 Å². The van der Waals surface area contributed by atoms with Crippen LogP contribution >= 0.6 is 0 Å². The fraction of sp³-hybridized carbons (Fsp3) is 0.393. The third kappa shape index (κ3) is 5.66. The van der Waals surface area contributed by atoms with Gasteiger partial charge in [0.2, 0.25) is 11.9 Å². The summed E-state index contributed by atoms with van der Waals surface area (Å²) in [7, 11) is -2.98. The summed E-state index contributed by atoms with van der Waals surface area (Å²) in [6.45, 7) is 6.36. The number of sulfone groups is 1. The number of carbonyl (C=O) groups is 2. The summed E-state index contributed by atoms with van der Waals surface area (Å²) in [5, 5.41) is 3.03. The van der Waals surface area contributed by atoms with Crippen LogP contribution < -0.4 is 5.32 Å². The molecule has 38 heavy (non-hydrogen) atoms. The minimum atomic E-state index is -2.98. The molecule has 1 atom stereocenters. The molecule has 1 N–H and O–H groups in total. The molecule has 9 nitrogen and oxygen atoms in total. The summed E-state index contributed by atoms with van der Waals surface area (Å²) in [4.78, 5) is 34.6. The van der Waals surface area contributed by atoms with Crippen molar-refractivity contribution in [2.75, 3.05) is 43.0 Å². The summed E-state index contributed by atoms with van der Waals surface area (Å²) in [5.74, 6) is 0.396. The fourth-order valence-electron chi connectivity index (χ4n) is 5.36. The van der Waals surface area contributed by atoms with Gasteiger partial charge in [-0.25, -0.2) is 13.4 Å². The average molecular weight is 536 g/mol. The molecule has 3 aromatic rings. The molecule has 2 saturated heterocycles. The van der Waals surface area contributed by atoms with Crippen molar-refractivity contribution in [3.8, 4) is 0 Å². The molecule has 0 bridgehead atoms. The number of anilines is 1. The van der Waals surface area contributed by atoms with Crippen LogP contribution in [-0.2, 0) is 21.2 Å². The number of rotatable bonds is 6. The van der Waals surface area contributed by atoms with Crippen LogP contribution in [0.3, 0.4) is 0 Å². The number of fused-ring (bicyclic) bond motifs is 1. The average Bonchev–Trinajstić information content (AvgIpc) is 3.11. The maximum Gasteiger partial charge on any atom is 0.257 e. The van der Waals surface area contributed by atoms with E-state index in [-0.39, 0.29) is 29.4 Å². The Hall–Kier alpha value is -3.50. The van der Waals surface area contributed by atoms with Gasteiger partial charge in [-0.2, -0.15) is 0 Å². The quantitative estimate of drug-likeness (QED) is 0.486. The summed E-state index contributed by atoms with van der Waals surface area (Å²) in [6.07, 6.45) is 4.01. The third-order valence-electron chi connectivity index (χ3n) is 7.38. The van der Waals surface area contributed by atoms with Crippen molar-refractivity contribution in [1.29, 1.82) is 0 Å². The third-order valence-corrected chi connectivity index (χ3v) is 8.99. The van der Waals surface area contributed by atoms with Crippen LogP contribution in [0.5, 0.6) is 0 Å². The SMILES string of the molecule is C=CC(=O)N1CCCC[C@@H](n2c(NC(=O)c3ccccc3)nc3cccc(CN4CCS(=O)(=O)CC4)c32)C1. The molecule has 10 heteroatoms. The highest BCUT2D eigenvalue weighted by molar-refractivity contribution is 7.91. The Morgan fingerprint density at radius 3 is 2.53 bits per heavy atom. The molecular formula is C28H33N5O4S. The number of imidazole rings is 1. The monoisotopic (exact) mass is 535 g/mol. The topological polar surface area (TPSA) is 105 Å². The molecule has 0 aliphatic carbocycles. The van der Waals surface area contributed by atoms with Gasteiger partial charge in [-0.15, -0.1) is 0 Å². The normalized spacial score (nSPS) is 20.1. The van der Waals surface area contributed by atoms with E-state index in [0.29, 0.717) is 44.2 Å². The molecule has 2 aliphatic heterocycles. The Morgan fingerprint density at radius 2 is 1.79 bits per heavy atom. The zero-order chi connectivity index (χ0) is 26.7. The van der Waals surface area contributed by atoms with Crippen molar-refractivity contribution in [3.05, 3.63) is 72.3 Å². The summed E-state index contributed by atoms with van der Waals surface area (Å²) < 4.78 is 26.0. The maximum atomic E-state index is 13.2. The van der Waals surface area contributed by atoms with E-state index in [9.17, 15) is 18.0 Å². The van der Waals surface area contributed by atoms with Crippen LogP contribution in [0.15, 0.2) is 61.2 Å². The molecule has 0 spiro atoms.